The third-order valence-corrected chi connectivity index (χ3v) is 7.23. The second-order valence-electron chi connectivity index (χ2n) is 11.9. The molecule has 0 aliphatic rings. The van der Waals surface area contributed by atoms with Crippen LogP contribution in [0.1, 0.15) is 70.8 Å². The Morgan fingerprint density at radius 2 is 1.17 bits per heavy atom. The Hall–Kier alpha value is -4.28. The Morgan fingerprint density at radius 3 is 1.70 bits per heavy atom. The monoisotopic (exact) mass is 665 g/mol. The van der Waals surface area contributed by atoms with Crippen molar-refractivity contribution in [3.8, 4) is 5.75 Å². The zero-order chi connectivity index (χ0) is 35.5. The van der Waals surface area contributed by atoms with Crippen LogP contribution in [0.3, 0.4) is 0 Å². The van der Waals surface area contributed by atoms with Gasteiger partial charge in [-0.25, -0.2) is 4.79 Å². The van der Waals surface area contributed by atoms with E-state index in [4.69, 9.17) is 17.2 Å². The molecule has 5 atom stereocenters. The number of amides is 4. The Kier molecular flexibility index (Phi) is 18.6. The fourth-order valence-corrected chi connectivity index (χ4v) is 4.65. The molecule has 4 amide bonds. The van der Waals surface area contributed by atoms with Crippen LogP contribution in [0.5, 0.6) is 5.75 Å². The van der Waals surface area contributed by atoms with E-state index in [0.29, 0.717) is 50.8 Å². The molecular formula is C31H51N7O9. The van der Waals surface area contributed by atoms with E-state index in [0.717, 1.165) is 0 Å². The van der Waals surface area contributed by atoms with Gasteiger partial charge in [0, 0.05) is 6.42 Å². The standard InChI is InChI=1S/C31H51N7O9/c1-18(2)15-23(28(43)38-25(17-26(40)41)30(45)35-22(31(46)47)8-4-6-14-33)37-29(44)24(16-19-9-11-20(39)12-10-19)36-27(42)21(34)7-3-5-13-32/h9-12,18,21-25,39H,3-8,13-17,32-34H2,1-2H3,(H,35,45)(H,36,42)(H,37,44)(H,38,43)(H,40,41)(H,46,47)/t21-,22-,23-,24-,25-/m0/s1. The van der Waals surface area contributed by atoms with Crippen molar-refractivity contribution < 1.29 is 44.1 Å². The number of nitrogens with one attached hydrogen (secondary N) is 4. The normalized spacial score (nSPS) is 14.3. The van der Waals surface area contributed by atoms with Crippen LogP contribution in [-0.2, 0) is 35.2 Å². The van der Waals surface area contributed by atoms with Gasteiger partial charge < -0.3 is 53.8 Å². The number of benzene rings is 1. The van der Waals surface area contributed by atoms with Crippen LogP contribution >= 0.6 is 0 Å². The molecule has 47 heavy (non-hydrogen) atoms. The van der Waals surface area contributed by atoms with E-state index in [1.807, 2.05) is 0 Å². The largest absolute Gasteiger partial charge is 0.508 e. The van der Waals surface area contributed by atoms with Gasteiger partial charge >= 0.3 is 11.9 Å². The molecule has 16 heteroatoms. The number of phenols is 1. The molecule has 264 valence electrons. The van der Waals surface area contributed by atoms with E-state index in [2.05, 4.69) is 21.3 Å². The number of hydrogen-bond acceptors (Lipinski definition) is 10. The van der Waals surface area contributed by atoms with Gasteiger partial charge in [0.1, 0.15) is 29.9 Å². The molecule has 0 aliphatic carbocycles. The molecule has 1 rings (SSSR count). The molecule has 0 heterocycles. The van der Waals surface area contributed by atoms with Crippen molar-refractivity contribution in [2.45, 2.75) is 102 Å². The van der Waals surface area contributed by atoms with E-state index >= 15 is 0 Å². The van der Waals surface area contributed by atoms with Gasteiger partial charge in [0.2, 0.25) is 23.6 Å². The molecule has 0 spiro atoms. The predicted octanol–water partition coefficient (Wildman–Crippen LogP) is -0.935. The number of phenolic OH excluding ortho intramolecular Hbond substituents is 1. The number of carbonyl (C=O) groups is 6. The zero-order valence-corrected chi connectivity index (χ0v) is 27.1. The number of carbonyl (C=O) groups excluding carboxylic acids is 4. The van der Waals surface area contributed by atoms with E-state index in [9.17, 15) is 44.1 Å². The smallest absolute Gasteiger partial charge is 0.326 e. The number of hydrogen-bond donors (Lipinski definition) is 10. The summed E-state index contributed by atoms with van der Waals surface area (Å²) in [5.74, 6) is -6.15. The maximum atomic E-state index is 13.6. The zero-order valence-electron chi connectivity index (χ0n) is 27.1. The van der Waals surface area contributed by atoms with Crippen molar-refractivity contribution in [3.05, 3.63) is 29.8 Å². The molecular weight excluding hydrogens is 614 g/mol. The highest BCUT2D eigenvalue weighted by atomic mass is 16.4. The third-order valence-electron chi connectivity index (χ3n) is 7.23. The first kappa shape index (κ1) is 40.7. The second kappa shape index (κ2) is 21.5. The van der Waals surface area contributed by atoms with Crippen molar-refractivity contribution in [1.82, 2.24) is 21.3 Å². The first-order valence-electron chi connectivity index (χ1n) is 15.8. The molecule has 0 saturated carbocycles. The topological polar surface area (TPSA) is 289 Å². The summed E-state index contributed by atoms with van der Waals surface area (Å²) in [5.41, 5.74) is 17.6. The van der Waals surface area contributed by atoms with Gasteiger partial charge in [0.25, 0.3) is 0 Å². The second-order valence-corrected chi connectivity index (χ2v) is 11.9. The van der Waals surface area contributed by atoms with Crippen LogP contribution in [0.2, 0.25) is 0 Å². The summed E-state index contributed by atoms with van der Waals surface area (Å²) in [4.78, 5) is 76.3. The highest BCUT2D eigenvalue weighted by Crippen LogP contribution is 2.13. The summed E-state index contributed by atoms with van der Waals surface area (Å²) in [6, 6.07) is -0.399. The molecule has 0 radical (unpaired) electrons. The lowest BCUT2D eigenvalue weighted by Gasteiger charge is -2.27. The fourth-order valence-electron chi connectivity index (χ4n) is 4.65. The highest BCUT2D eigenvalue weighted by Gasteiger charge is 2.33. The highest BCUT2D eigenvalue weighted by molar-refractivity contribution is 5.96. The Labute approximate surface area is 274 Å². The van der Waals surface area contributed by atoms with Gasteiger partial charge in [-0.05, 0) is 75.2 Å². The van der Waals surface area contributed by atoms with E-state index < -0.39 is 72.2 Å². The molecule has 13 N–H and O–H groups in total. The average Bonchev–Trinajstić information content (AvgIpc) is 2.99. The number of rotatable bonds is 23. The first-order valence-corrected chi connectivity index (χ1v) is 15.8. The Balaban J connectivity index is 3.21. The van der Waals surface area contributed by atoms with Crippen LogP contribution in [0.25, 0.3) is 0 Å². The van der Waals surface area contributed by atoms with Crippen LogP contribution in [-0.4, -0.2) is 94.2 Å². The summed E-state index contributed by atoms with van der Waals surface area (Å²) in [6.45, 7) is 4.32. The number of carboxylic acids is 2. The number of aromatic hydroxyl groups is 1. The minimum atomic E-state index is -1.65. The molecule has 0 aliphatic heterocycles. The quantitative estimate of drug-likeness (QED) is 0.0634. The number of nitrogens with two attached hydrogens (primary N) is 3. The molecule has 0 bridgehead atoms. The van der Waals surface area contributed by atoms with E-state index in [-0.39, 0.29) is 30.9 Å². The van der Waals surface area contributed by atoms with Gasteiger partial charge in [0.15, 0.2) is 0 Å². The van der Waals surface area contributed by atoms with Crippen molar-refractivity contribution >= 4 is 35.6 Å². The van der Waals surface area contributed by atoms with Crippen LogP contribution in [0, 0.1) is 5.92 Å². The number of unbranched alkanes of at least 4 members (excludes halogenated alkanes) is 2. The molecule has 0 fully saturated rings. The minimum Gasteiger partial charge on any atom is -0.508 e. The van der Waals surface area contributed by atoms with E-state index in [1.54, 1.807) is 26.0 Å². The summed E-state index contributed by atoms with van der Waals surface area (Å²) < 4.78 is 0. The Bertz CT molecular complexity index is 1180. The molecule has 1 aromatic carbocycles. The third kappa shape index (κ3) is 16.2. The lowest BCUT2D eigenvalue weighted by Crippen LogP contribution is -2.59. The van der Waals surface area contributed by atoms with Crippen LogP contribution in [0.15, 0.2) is 24.3 Å². The summed E-state index contributed by atoms with van der Waals surface area (Å²) in [7, 11) is 0. The maximum Gasteiger partial charge on any atom is 0.326 e. The van der Waals surface area contributed by atoms with Gasteiger partial charge in [-0.2, -0.15) is 0 Å². The molecule has 1 aromatic rings. The summed E-state index contributed by atoms with van der Waals surface area (Å²) in [6.07, 6.45) is 1.76. The number of aliphatic carboxylic acids is 2. The van der Waals surface area contributed by atoms with Crippen molar-refractivity contribution in [3.63, 3.8) is 0 Å². The van der Waals surface area contributed by atoms with Gasteiger partial charge in [-0.1, -0.05) is 32.4 Å². The molecule has 0 saturated heterocycles. The predicted molar refractivity (Wildman–Crippen MR) is 173 cm³/mol. The lowest BCUT2D eigenvalue weighted by atomic mass is 10.00. The van der Waals surface area contributed by atoms with Crippen LogP contribution < -0.4 is 38.5 Å². The average molecular weight is 666 g/mol. The van der Waals surface area contributed by atoms with Gasteiger partial charge in [-0.15, -0.1) is 0 Å². The lowest BCUT2D eigenvalue weighted by molar-refractivity contribution is -0.143. The minimum absolute atomic E-state index is 0.000400. The number of carboxylic acid groups (broad SMARTS) is 2. The summed E-state index contributed by atoms with van der Waals surface area (Å²) in [5, 5.41) is 38.5. The molecule has 16 nitrogen and oxygen atoms in total. The van der Waals surface area contributed by atoms with Crippen LogP contribution in [0.4, 0.5) is 0 Å². The van der Waals surface area contributed by atoms with Crippen molar-refractivity contribution in [1.29, 1.82) is 0 Å². The molecule has 0 aromatic heterocycles. The van der Waals surface area contributed by atoms with Gasteiger partial charge in [-0.3, -0.25) is 24.0 Å². The van der Waals surface area contributed by atoms with E-state index in [1.165, 1.54) is 12.1 Å². The SMILES string of the molecule is CC(C)C[C@H](NC(=O)[C@H](Cc1ccc(O)cc1)NC(=O)[C@@H](N)CCCCN)C(=O)N[C@@H](CC(=O)O)C(=O)N[C@@H](CCCCN)C(=O)O. The molecule has 0 unspecified atom stereocenters. The Morgan fingerprint density at radius 1 is 0.681 bits per heavy atom. The van der Waals surface area contributed by atoms with Crippen molar-refractivity contribution in [2.75, 3.05) is 13.1 Å². The summed E-state index contributed by atoms with van der Waals surface area (Å²) >= 11 is 0. The maximum absolute atomic E-state index is 13.6. The first-order chi connectivity index (χ1) is 22.2. The van der Waals surface area contributed by atoms with Crippen molar-refractivity contribution in [2.24, 2.45) is 23.1 Å². The fraction of sp³-hybridized carbons (Fsp3) is 0.613. The van der Waals surface area contributed by atoms with Gasteiger partial charge in [0.05, 0.1) is 12.5 Å².